The Morgan fingerprint density at radius 2 is 1.61 bits per heavy atom. The lowest BCUT2D eigenvalue weighted by atomic mass is 10.2. The highest BCUT2D eigenvalue weighted by Gasteiger charge is 2.24. The van der Waals surface area contributed by atoms with Crippen LogP contribution in [0, 0.1) is 0 Å². The highest BCUT2D eigenvalue weighted by molar-refractivity contribution is 5.94. The lowest BCUT2D eigenvalue weighted by Crippen LogP contribution is -2.51. The number of urea groups is 1. The summed E-state index contributed by atoms with van der Waals surface area (Å²) < 4.78 is 0. The summed E-state index contributed by atoms with van der Waals surface area (Å²) in [5.74, 6) is -0.0405. The molecule has 1 aliphatic rings. The molecule has 3 rings (SSSR count). The van der Waals surface area contributed by atoms with Crippen molar-refractivity contribution in [3.05, 3.63) is 60.4 Å². The molecule has 0 atom stereocenters. The predicted molar refractivity (Wildman–Crippen MR) is 87.2 cm³/mol. The van der Waals surface area contributed by atoms with Crippen LogP contribution < -0.4 is 5.32 Å². The van der Waals surface area contributed by atoms with Crippen LogP contribution in [0.2, 0.25) is 0 Å². The van der Waals surface area contributed by atoms with E-state index in [4.69, 9.17) is 0 Å². The molecule has 0 unspecified atom stereocenters. The summed E-state index contributed by atoms with van der Waals surface area (Å²) in [4.78, 5) is 32.0. The summed E-state index contributed by atoms with van der Waals surface area (Å²) in [7, 11) is 0. The van der Waals surface area contributed by atoms with E-state index in [1.807, 2.05) is 30.3 Å². The molecule has 0 saturated carbocycles. The van der Waals surface area contributed by atoms with Crippen molar-refractivity contribution in [3.63, 3.8) is 0 Å². The van der Waals surface area contributed by atoms with Gasteiger partial charge in [-0.1, -0.05) is 18.2 Å². The van der Waals surface area contributed by atoms with E-state index < -0.39 is 0 Å². The fraction of sp³-hybridized carbons (Fsp3) is 0.235. The first kappa shape index (κ1) is 15.0. The van der Waals surface area contributed by atoms with E-state index in [9.17, 15) is 9.59 Å². The van der Waals surface area contributed by atoms with Gasteiger partial charge in [-0.25, -0.2) is 4.79 Å². The van der Waals surface area contributed by atoms with E-state index in [0.717, 1.165) is 5.69 Å². The normalized spacial score (nSPS) is 14.4. The molecule has 0 aliphatic carbocycles. The smallest absolute Gasteiger partial charge is 0.321 e. The number of nitrogens with one attached hydrogen (secondary N) is 1. The van der Waals surface area contributed by atoms with Gasteiger partial charge in [0.1, 0.15) is 0 Å². The SMILES string of the molecule is O=C(Nc1ccccc1)N1CCN(C(=O)c2cccnc2)CC1. The monoisotopic (exact) mass is 310 g/mol. The van der Waals surface area contributed by atoms with Crippen molar-refractivity contribution in [2.75, 3.05) is 31.5 Å². The number of anilines is 1. The van der Waals surface area contributed by atoms with Crippen LogP contribution in [-0.4, -0.2) is 52.9 Å². The third-order valence-corrected chi connectivity index (χ3v) is 3.79. The number of rotatable bonds is 2. The molecular formula is C17H18N4O2. The van der Waals surface area contributed by atoms with Gasteiger partial charge in [-0.15, -0.1) is 0 Å². The predicted octanol–water partition coefficient (Wildman–Crippen LogP) is 2.07. The summed E-state index contributed by atoms with van der Waals surface area (Å²) in [6, 6.07) is 12.7. The number of aromatic nitrogens is 1. The molecule has 1 saturated heterocycles. The zero-order valence-corrected chi connectivity index (χ0v) is 12.7. The summed E-state index contributed by atoms with van der Waals surface area (Å²) in [5, 5.41) is 2.86. The molecule has 1 aliphatic heterocycles. The lowest BCUT2D eigenvalue weighted by molar-refractivity contribution is 0.0671. The number of carbonyl (C=O) groups is 2. The minimum absolute atomic E-state index is 0.0405. The third-order valence-electron chi connectivity index (χ3n) is 3.79. The molecule has 118 valence electrons. The highest BCUT2D eigenvalue weighted by Crippen LogP contribution is 2.11. The molecule has 0 bridgehead atoms. The van der Waals surface area contributed by atoms with Gasteiger partial charge in [-0.2, -0.15) is 0 Å². The van der Waals surface area contributed by atoms with Crippen LogP contribution >= 0.6 is 0 Å². The van der Waals surface area contributed by atoms with Crippen molar-refractivity contribution >= 4 is 17.6 Å². The summed E-state index contributed by atoms with van der Waals surface area (Å²) in [6.45, 7) is 2.08. The number of hydrogen-bond donors (Lipinski definition) is 1. The molecular weight excluding hydrogens is 292 g/mol. The van der Waals surface area contributed by atoms with Crippen molar-refractivity contribution in [3.8, 4) is 0 Å². The Balaban J connectivity index is 1.54. The Bertz CT molecular complexity index is 668. The fourth-order valence-corrected chi connectivity index (χ4v) is 2.51. The van der Waals surface area contributed by atoms with Gasteiger partial charge >= 0.3 is 6.03 Å². The van der Waals surface area contributed by atoms with Crippen LogP contribution in [0.1, 0.15) is 10.4 Å². The van der Waals surface area contributed by atoms with E-state index in [2.05, 4.69) is 10.3 Å². The molecule has 1 aromatic carbocycles. The average molecular weight is 310 g/mol. The molecule has 0 spiro atoms. The van der Waals surface area contributed by atoms with E-state index in [-0.39, 0.29) is 11.9 Å². The lowest BCUT2D eigenvalue weighted by Gasteiger charge is -2.34. The number of benzene rings is 1. The van der Waals surface area contributed by atoms with Crippen molar-refractivity contribution in [2.24, 2.45) is 0 Å². The highest BCUT2D eigenvalue weighted by atomic mass is 16.2. The van der Waals surface area contributed by atoms with E-state index in [1.165, 1.54) is 0 Å². The number of nitrogens with zero attached hydrogens (tertiary/aromatic N) is 3. The van der Waals surface area contributed by atoms with Gasteiger partial charge in [0.25, 0.3) is 5.91 Å². The molecule has 1 fully saturated rings. The summed E-state index contributed by atoms with van der Waals surface area (Å²) in [6.07, 6.45) is 3.21. The maximum atomic E-state index is 12.3. The Kier molecular flexibility index (Phi) is 4.52. The van der Waals surface area contributed by atoms with Crippen LogP contribution in [0.4, 0.5) is 10.5 Å². The molecule has 1 aromatic heterocycles. The zero-order chi connectivity index (χ0) is 16.1. The summed E-state index contributed by atoms with van der Waals surface area (Å²) in [5.41, 5.74) is 1.35. The van der Waals surface area contributed by atoms with Crippen LogP contribution in [0.25, 0.3) is 0 Å². The Morgan fingerprint density at radius 3 is 2.26 bits per heavy atom. The van der Waals surface area contributed by atoms with Crippen LogP contribution in [-0.2, 0) is 0 Å². The summed E-state index contributed by atoms with van der Waals surface area (Å²) >= 11 is 0. The van der Waals surface area contributed by atoms with Gasteiger partial charge in [0.15, 0.2) is 0 Å². The van der Waals surface area contributed by atoms with E-state index in [0.29, 0.717) is 31.7 Å². The molecule has 2 heterocycles. The number of para-hydroxylation sites is 1. The second-order valence-electron chi connectivity index (χ2n) is 5.32. The molecule has 1 N–H and O–H groups in total. The first-order chi connectivity index (χ1) is 11.2. The van der Waals surface area contributed by atoms with Crippen LogP contribution in [0.5, 0.6) is 0 Å². The van der Waals surface area contributed by atoms with Crippen molar-refractivity contribution < 1.29 is 9.59 Å². The standard InChI is InChI=1S/C17H18N4O2/c22-16(14-5-4-8-18-13-14)20-9-11-21(12-10-20)17(23)19-15-6-2-1-3-7-15/h1-8,13H,9-12H2,(H,19,23). The second-order valence-corrected chi connectivity index (χ2v) is 5.32. The van der Waals surface area contributed by atoms with Crippen molar-refractivity contribution in [2.45, 2.75) is 0 Å². The van der Waals surface area contributed by atoms with Gasteiger partial charge in [-0.05, 0) is 24.3 Å². The van der Waals surface area contributed by atoms with Crippen LogP contribution in [0.3, 0.4) is 0 Å². The molecule has 0 radical (unpaired) electrons. The molecule has 6 heteroatoms. The van der Waals surface area contributed by atoms with Crippen molar-refractivity contribution in [1.29, 1.82) is 0 Å². The van der Waals surface area contributed by atoms with Crippen LogP contribution in [0.15, 0.2) is 54.9 Å². The maximum absolute atomic E-state index is 12.3. The molecule has 6 nitrogen and oxygen atoms in total. The largest absolute Gasteiger partial charge is 0.335 e. The number of piperazine rings is 1. The Hall–Kier alpha value is -2.89. The first-order valence-corrected chi connectivity index (χ1v) is 7.54. The number of pyridine rings is 1. The Labute approximate surface area is 134 Å². The van der Waals surface area contributed by atoms with E-state index >= 15 is 0 Å². The number of carbonyl (C=O) groups excluding carboxylic acids is 2. The molecule has 23 heavy (non-hydrogen) atoms. The first-order valence-electron chi connectivity index (χ1n) is 7.54. The fourth-order valence-electron chi connectivity index (χ4n) is 2.51. The topological polar surface area (TPSA) is 65.5 Å². The minimum atomic E-state index is -0.135. The zero-order valence-electron chi connectivity index (χ0n) is 12.7. The maximum Gasteiger partial charge on any atom is 0.321 e. The van der Waals surface area contributed by atoms with Gasteiger partial charge < -0.3 is 15.1 Å². The van der Waals surface area contributed by atoms with Crippen molar-refractivity contribution in [1.82, 2.24) is 14.8 Å². The third kappa shape index (κ3) is 3.66. The quantitative estimate of drug-likeness (QED) is 0.923. The van der Waals surface area contributed by atoms with Gasteiger partial charge in [-0.3, -0.25) is 9.78 Å². The number of amides is 3. The molecule has 3 amide bonds. The van der Waals surface area contributed by atoms with Gasteiger partial charge in [0.05, 0.1) is 5.56 Å². The van der Waals surface area contributed by atoms with Gasteiger partial charge in [0.2, 0.25) is 0 Å². The Morgan fingerprint density at radius 1 is 0.913 bits per heavy atom. The second kappa shape index (κ2) is 6.91. The minimum Gasteiger partial charge on any atom is -0.335 e. The van der Waals surface area contributed by atoms with Gasteiger partial charge in [0, 0.05) is 44.3 Å². The number of hydrogen-bond acceptors (Lipinski definition) is 3. The average Bonchev–Trinajstić information content (AvgIpc) is 2.63. The molecule has 2 aromatic rings. The van der Waals surface area contributed by atoms with E-state index in [1.54, 1.807) is 34.3 Å².